The summed E-state index contributed by atoms with van der Waals surface area (Å²) in [5, 5.41) is 7.69. The molecule has 0 spiro atoms. The van der Waals surface area contributed by atoms with E-state index in [1.807, 2.05) is 0 Å². The number of primary sulfonamides is 1. The minimum absolute atomic E-state index is 0.0377. The molecule has 2 rings (SSSR count). The molecule has 0 radical (unpaired) electrons. The van der Waals surface area contributed by atoms with Crippen LogP contribution in [0.2, 0.25) is 0 Å². The molecule has 3 N–H and O–H groups in total. The first-order valence-electron chi connectivity index (χ1n) is 12.6. The molecule has 8 heteroatoms. The van der Waals surface area contributed by atoms with E-state index in [1.54, 1.807) is 6.07 Å². The minimum atomic E-state index is -4.10. The van der Waals surface area contributed by atoms with E-state index in [0.29, 0.717) is 5.56 Å². The van der Waals surface area contributed by atoms with Gasteiger partial charge >= 0.3 is 0 Å². The number of methoxy groups -OCH3 is 1. The molecule has 7 nitrogen and oxygen atoms in total. The van der Waals surface area contributed by atoms with Gasteiger partial charge in [0.1, 0.15) is 17.2 Å². The Morgan fingerprint density at radius 2 is 1.89 bits per heavy atom. The third-order valence-electron chi connectivity index (χ3n) is 3.62. The third kappa shape index (κ3) is 6.40. The van der Waals surface area contributed by atoms with Crippen LogP contribution in [0.25, 0.3) is 0 Å². The first-order chi connectivity index (χ1) is 16.7. The summed E-state index contributed by atoms with van der Waals surface area (Å²) in [6.07, 6.45) is 0.0700. The molecule has 154 valence electrons. The van der Waals surface area contributed by atoms with Crippen LogP contribution in [0.5, 0.6) is 17.2 Å². The highest BCUT2D eigenvalue weighted by atomic mass is 32.2. The summed E-state index contributed by atoms with van der Waals surface area (Å²) in [4.78, 5) is -0.255. The van der Waals surface area contributed by atoms with E-state index in [2.05, 4.69) is 5.32 Å². The third-order valence-corrected chi connectivity index (χ3v) is 4.55. The molecule has 0 aliphatic heterocycles. The van der Waals surface area contributed by atoms with Gasteiger partial charge in [-0.2, -0.15) is 0 Å². The van der Waals surface area contributed by atoms with E-state index >= 15 is 0 Å². The Morgan fingerprint density at radius 3 is 2.54 bits per heavy atom. The lowest BCUT2D eigenvalue weighted by Gasteiger charge is -2.16. The van der Waals surface area contributed by atoms with Gasteiger partial charge < -0.3 is 19.5 Å². The summed E-state index contributed by atoms with van der Waals surface area (Å²) < 4.78 is 109. The largest absolute Gasteiger partial charge is 0.495 e. The van der Waals surface area contributed by atoms with Crippen LogP contribution < -0.4 is 24.7 Å². The zero-order valence-corrected chi connectivity index (χ0v) is 16.2. The molecule has 2 aromatic carbocycles. The number of sulfonamides is 1. The summed E-state index contributed by atoms with van der Waals surface area (Å²) in [7, 11) is -2.81. The molecular formula is C20H28N2O5S. The van der Waals surface area contributed by atoms with Crippen molar-refractivity contribution in [3.05, 3.63) is 48.0 Å². The Balaban J connectivity index is 2.22. The Morgan fingerprint density at radius 1 is 1.18 bits per heavy atom. The van der Waals surface area contributed by atoms with Crippen molar-refractivity contribution in [3.63, 3.8) is 0 Å². The maximum absolute atomic E-state index is 11.8. The zero-order chi connectivity index (χ0) is 28.4. The smallest absolute Gasteiger partial charge is 0.241 e. The van der Waals surface area contributed by atoms with Crippen LogP contribution in [0.15, 0.2) is 47.4 Å². The van der Waals surface area contributed by atoms with E-state index in [9.17, 15) is 8.42 Å². The lowest BCUT2D eigenvalue weighted by atomic mass is 10.1. The van der Waals surface area contributed by atoms with Crippen molar-refractivity contribution in [3.8, 4) is 17.2 Å². The van der Waals surface area contributed by atoms with Gasteiger partial charge in [-0.05, 0) is 50.0 Å². The van der Waals surface area contributed by atoms with Gasteiger partial charge in [-0.3, -0.25) is 0 Å². The van der Waals surface area contributed by atoms with Crippen LogP contribution in [-0.4, -0.2) is 41.2 Å². The molecule has 0 saturated carbocycles. The molecule has 0 fully saturated rings. The summed E-state index contributed by atoms with van der Waals surface area (Å²) in [6, 6.07) is 8.59. The fraction of sp³-hybridized carbons (Fsp3) is 0.400. The van der Waals surface area contributed by atoms with Crippen molar-refractivity contribution in [1.82, 2.24) is 5.32 Å². The standard InChI is InChI=1S/C20H28N2O5S/c1-4-26-17-7-5-6-8-18(17)27-12-11-22-15(2)13-16-9-10-19(25-3)20(14-16)28(21,23)24/h5-10,14-15,22H,4,11-13H2,1-3H3,(H2,21,23,24)/t15-/m1/s1/i1D3,4D2,11D2,12D2. The normalized spacial score (nSPS) is 19.2. The summed E-state index contributed by atoms with van der Waals surface area (Å²) in [5.41, 5.74) is 0.452. The fourth-order valence-corrected chi connectivity index (χ4v) is 3.13. The number of rotatable bonds is 11. The lowest BCUT2D eigenvalue weighted by molar-refractivity contribution is 0.272. The molecular weight excluding hydrogens is 380 g/mol. The molecule has 0 aliphatic carbocycles. The van der Waals surface area contributed by atoms with Gasteiger partial charge in [-0.1, -0.05) is 18.2 Å². The van der Waals surface area contributed by atoms with Crippen LogP contribution >= 0.6 is 0 Å². The number of nitrogens with one attached hydrogen (secondary N) is 1. The average Bonchev–Trinajstić information content (AvgIpc) is 2.72. The van der Waals surface area contributed by atoms with Gasteiger partial charge in [0.05, 0.1) is 19.2 Å². The number of ether oxygens (including phenoxy) is 3. The number of hydrogen-bond acceptors (Lipinski definition) is 6. The molecule has 1 atom stereocenters. The van der Waals surface area contributed by atoms with Gasteiger partial charge in [0.15, 0.2) is 11.5 Å². The van der Waals surface area contributed by atoms with Gasteiger partial charge in [0, 0.05) is 19.4 Å². The van der Waals surface area contributed by atoms with E-state index in [-0.39, 0.29) is 17.1 Å². The number of hydrogen-bond donors (Lipinski definition) is 2. The van der Waals surface area contributed by atoms with Crippen molar-refractivity contribution < 1.29 is 35.0 Å². The average molecular weight is 418 g/mol. The van der Waals surface area contributed by atoms with Crippen LogP contribution in [0.4, 0.5) is 0 Å². The van der Waals surface area contributed by atoms with Crippen molar-refractivity contribution in [2.75, 3.05) is 26.7 Å². The molecule has 0 amide bonds. The summed E-state index contributed by atoms with van der Waals surface area (Å²) >= 11 is 0. The lowest BCUT2D eigenvalue weighted by Crippen LogP contribution is -2.32. The van der Waals surface area contributed by atoms with E-state index in [1.165, 1.54) is 44.4 Å². The Labute approximate surface area is 179 Å². The molecule has 0 aliphatic rings. The molecule has 2 aromatic rings. The van der Waals surface area contributed by atoms with Crippen LogP contribution in [-0.2, 0) is 16.4 Å². The molecule has 28 heavy (non-hydrogen) atoms. The van der Waals surface area contributed by atoms with Crippen LogP contribution in [0.3, 0.4) is 0 Å². The highest BCUT2D eigenvalue weighted by Crippen LogP contribution is 2.26. The molecule has 0 unspecified atom stereocenters. The van der Waals surface area contributed by atoms with Gasteiger partial charge in [-0.25, -0.2) is 13.6 Å². The quantitative estimate of drug-likeness (QED) is 0.582. The Kier molecular flexibility index (Phi) is 4.53. The van der Waals surface area contributed by atoms with E-state index in [0.717, 1.165) is 6.07 Å². The highest BCUT2D eigenvalue weighted by molar-refractivity contribution is 7.89. The maximum Gasteiger partial charge on any atom is 0.241 e. The number of para-hydroxylation sites is 2. The van der Waals surface area contributed by atoms with Crippen molar-refractivity contribution in [1.29, 1.82) is 0 Å². The highest BCUT2D eigenvalue weighted by Gasteiger charge is 2.16. The van der Waals surface area contributed by atoms with Crippen LogP contribution in [0.1, 0.15) is 31.7 Å². The van der Waals surface area contributed by atoms with Crippen molar-refractivity contribution >= 4 is 10.0 Å². The zero-order valence-electron chi connectivity index (χ0n) is 24.4. The SMILES string of the molecule is [2H]C([2H])([2H])C([2H])([2H])Oc1ccccc1OC([2H])([2H])C([2H])([2H])N[C@H](C)Cc1ccc(OC)c(S(N)(=O)=O)c1. The van der Waals surface area contributed by atoms with Crippen LogP contribution in [0, 0.1) is 0 Å². The monoisotopic (exact) mass is 417 g/mol. The number of benzene rings is 2. The molecule has 0 heterocycles. The van der Waals surface area contributed by atoms with Crippen molar-refractivity contribution in [2.45, 2.75) is 31.1 Å². The Bertz CT molecular complexity index is 1210. The second-order valence-electron chi connectivity index (χ2n) is 5.76. The molecule has 0 aromatic heterocycles. The molecule has 0 saturated heterocycles. The summed E-state index contributed by atoms with van der Waals surface area (Å²) in [6.45, 7) is -10.6. The topological polar surface area (TPSA) is 99.9 Å². The second kappa shape index (κ2) is 10.3. The maximum atomic E-state index is 11.8. The Hall–Kier alpha value is -2.29. The first-order valence-corrected chi connectivity index (χ1v) is 9.69. The predicted octanol–water partition coefficient (Wildman–Crippen LogP) is 2.34. The second-order valence-corrected chi connectivity index (χ2v) is 7.29. The predicted molar refractivity (Wildman–Crippen MR) is 109 cm³/mol. The first kappa shape index (κ1) is 12.3. The molecule has 0 bridgehead atoms. The van der Waals surface area contributed by atoms with Gasteiger partial charge in [-0.15, -0.1) is 0 Å². The fourth-order valence-electron chi connectivity index (χ4n) is 2.38. The van der Waals surface area contributed by atoms with E-state index in [4.69, 9.17) is 31.7 Å². The summed E-state index contributed by atoms with van der Waals surface area (Å²) in [5.74, 6) is -0.826. The van der Waals surface area contributed by atoms with Gasteiger partial charge in [0.25, 0.3) is 0 Å². The number of nitrogens with two attached hydrogens (primary N) is 1. The van der Waals surface area contributed by atoms with E-state index < -0.39 is 54.0 Å². The van der Waals surface area contributed by atoms with Gasteiger partial charge in [0.2, 0.25) is 10.0 Å². The van der Waals surface area contributed by atoms with Crippen molar-refractivity contribution in [2.24, 2.45) is 5.14 Å². The minimum Gasteiger partial charge on any atom is -0.495 e.